The minimum Gasteiger partial charge on any atom is -0.443 e. The maximum atomic E-state index is 12.7. The van der Waals surface area contributed by atoms with E-state index in [4.69, 9.17) is 14.0 Å². The van der Waals surface area contributed by atoms with E-state index in [1.54, 1.807) is 4.90 Å². The molecule has 0 atom stereocenters. The van der Waals surface area contributed by atoms with Crippen molar-refractivity contribution < 1.29 is 18.8 Å². The van der Waals surface area contributed by atoms with Crippen molar-refractivity contribution in [2.45, 2.75) is 85.0 Å². The molecule has 6 heteroatoms. The highest BCUT2D eigenvalue weighted by molar-refractivity contribution is 6.62. The Labute approximate surface area is 164 Å². The molecule has 1 aliphatic rings. The second-order valence-electron chi connectivity index (χ2n) is 9.17. The van der Waals surface area contributed by atoms with Crippen LogP contribution in [0.5, 0.6) is 0 Å². The lowest BCUT2D eigenvalue weighted by molar-refractivity contribution is 0.00578. The summed E-state index contributed by atoms with van der Waals surface area (Å²) in [6.45, 7) is 16.5. The monoisotopic (exact) mass is 375 g/mol. The smallest absolute Gasteiger partial charge is 0.443 e. The molecule has 0 bridgehead atoms. The van der Waals surface area contributed by atoms with Gasteiger partial charge in [0.15, 0.2) is 0 Å². The van der Waals surface area contributed by atoms with Gasteiger partial charge in [-0.15, -0.1) is 0 Å². The Morgan fingerprint density at radius 3 is 2.26 bits per heavy atom. The minimum absolute atomic E-state index is 0.331. The number of anilines is 1. The van der Waals surface area contributed by atoms with Gasteiger partial charge in [-0.25, -0.2) is 4.79 Å². The Kier molecular flexibility index (Phi) is 6.32. The lowest BCUT2D eigenvalue weighted by Crippen LogP contribution is -2.41. The van der Waals surface area contributed by atoms with Crippen LogP contribution in [0.4, 0.5) is 10.5 Å². The molecular formula is C21H34BNO4. The van der Waals surface area contributed by atoms with Crippen molar-refractivity contribution in [3.05, 3.63) is 24.3 Å². The zero-order chi connectivity index (χ0) is 20.5. The third-order valence-electron chi connectivity index (χ3n) is 5.06. The normalized spacial score (nSPS) is 18.4. The van der Waals surface area contributed by atoms with Gasteiger partial charge >= 0.3 is 13.2 Å². The first-order chi connectivity index (χ1) is 12.4. The van der Waals surface area contributed by atoms with Crippen molar-refractivity contribution in [2.24, 2.45) is 0 Å². The average molecular weight is 375 g/mol. The van der Waals surface area contributed by atoms with Crippen molar-refractivity contribution >= 4 is 24.4 Å². The summed E-state index contributed by atoms with van der Waals surface area (Å²) in [7, 11) is -0.457. The molecule has 1 amide bonds. The minimum atomic E-state index is -0.537. The van der Waals surface area contributed by atoms with E-state index in [2.05, 4.69) is 6.92 Å². The second-order valence-corrected chi connectivity index (χ2v) is 9.17. The Bertz CT molecular complexity index is 650. The van der Waals surface area contributed by atoms with Crippen molar-refractivity contribution in [1.29, 1.82) is 0 Å². The van der Waals surface area contributed by atoms with Gasteiger partial charge in [-0.2, -0.15) is 0 Å². The van der Waals surface area contributed by atoms with Crippen molar-refractivity contribution in [3.63, 3.8) is 0 Å². The first kappa shape index (κ1) is 21.8. The van der Waals surface area contributed by atoms with E-state index in [1.165, 1.54) is 0 Å². The Morgan fingerprint density at radius 2 is 1.74 bits per heavy atom. The zero-order valence-electron chi connectivity index (χ0n) is 18.1. The summed E-state index contributed by atoms with van der Waals surface area (Å²) in [5, 5.41) is 0. The fourth-order valence-corrected chi connectivity index (χ4v) is 2.78. The van der Waals surface area contributed by atoms with Gasteiger partial charge in [0, 0.05) is 12.2 Å². The van der Waals surface area contributed by atoms with Gasteiger partial charge in [0.1, 0.15) is 5.60 Å². The lowest BCUT2D eigenvalue weighted by Gasteiger charge is -2.32. The summed E-state index contributed by atoms with van der Waals surface area (Å²) in [4.78, 5) is 14.4. The molecule has 1 heterocycles. The molecule has 0 saturated carbocycles. The van der Waals surface area contributed by atoms with Crippen LogP contribution in [0.3, 0.4) is 0 Å². The summed E-state index contributed by atoms with van der Waals surface area (Å²) in [5.41, 5.74) is 0.355. The summed E-state index contributed by atoms with van der Waals surface area (Å²) >= 11 is 0. The van der Waals surface area contributed by atoms with Gasteiger partial charge in [0.05, 0.1) is 11.2 Å². The maximum Gasteiger partial charge on any atom is 0.494 e. The molecule has 150 valence electrons. The van der Waals surface area contributed by atoms with Gasteiger partial charge in [-0.1, -0.05) is 25.5 Å². The molecular weight excluding hydrogens is 341 g/mol. The molecule has 1 fully saturated rings. The molecule has 1 aromatic carbocycles. The number of ether oxygens (including phenoxy) is 1. The number of hydrogen-bond donors (Lipinski definition) is 0. The van der Waals surface area contributed by atoms with E-state index in [0.717, 1.165) is 24.0 Å². The van der Waals surface area contributed by atoms with Gasteiger partial charge in [0.25, 0.3) is 0 Å². The third-order valence-corrected chi connectivity index (χ3v) is 5.06. The molecule has 0 unspecified atom stereocenters. The predicted octanol–water partition coefficient (Wildman–Crippen LogP) is 4.53. The van der Waals surface area contributed by atoms with Crippen LogP contribution in [-0.2, 0) is 14.0 Å². The second kappa shape index (κ2) is 7.84. The summed E-state index contributed by atoms with van der Waals surface area (Å²) < 4.78 is 17.9. The maximum absolute atomic E-state index is 12.7. The van der Waals surface area contributed by atoms with Crippen LogP contribution in [-0.4, -0.2) is 36.6 Å². The number of benzene rings is 1. The van der Waals surface area contributed by atoms with Gasteiger partial charge in [0.2, 0.25) is 0 Å². The summed E-state index contributed by atoms with van der Waals surface area (Å²) in [6, 6.07) is 7.79. The van der Waals surface area contributed by atoms with Crippen LogP contribution in [0, 0.1) is 0 Å². The first-order valence-electron chi connectivity index (χ1n) is 9.82. The molecule has 0 aliphatic carbocycles. The van der Waals surface area contributed by atoms with Gasteiger partial charge in [-0.05, 0) is 72.5 Å². The SMILES string of the molecule is CCCCN(C(=O)OC(C)(C)C)c1cccc(B2OC(C)(C)C(C)(C)O2)c1. The number of rotatable bonds is 5. The largest absolute Gasteiger partial charge is 0.494 e. The fourth-order valence-electron chi connectivity index (χ4n) is 2.78. The molecule has 1 saturated heterocycles. The third kappa shape index (κ3) is 5.26. The van der Waals surface area contributed by atoms with Crippen molar-refractivity contribution in [3.8, 4) is 0 Å². The number of carbonyl (C=O) groups is 1. The lowest BCUT2D eigenvalue weighted by atomic mass is 9.79. The van der Waals surface area contributed by atoms with Crippen LogP contribution in [0.25, 0.3) is 0 Å². The van der Waals surface area contributed by atoms with Crippen molar-refractivity contribution in [2.75, 3.05) is 11.4 Å². The van der Waals surface area contributed by atoms with Crippen LogP contribution in [0.2, 0.25) is 0 Å². The van der Waals surface area contributed by atoms with Crippen LogP contribution < -0.4 is 10.4 Å². The van der Waals surface area contributed by atoms with E-state index in [1.807, 2.05) is 72.7 Å². The molecule has 1 aromatic rings. The van der Waals surface area contributed by atoms with E-state index in [9.17, 15) is 4.79 Å². The molecule has 2 rings (SSSR count). The Morgan fingerprint density at radius 1 is 1.15 bits per heavy atom. The number of carbonyl (C=O) groups excluding carboxylic acids is 1. The molecule has 0 spiro atoms. The Hall–Kier alpha value is -1.53. The first-order valence-corrected chi connectivity index (χ1v) is 9.82. The van der Waals surface area contributed by atoms with E-state index in [0.29, 0.717) is 6.54 Å². The number of nitrogens with zero attached hydrogens (tertiary/aromatic N) is 1. The number of unbranched alkanes of at least 4 members (excludes halogenated alkanes) is 1. The van der Waals surface area contributed by atoms with Gasteiger partial charge in [-0.3, -0.25) is 4.90 Å². The topological polar surface area (TPSA) is 48.0 Å². The van der Waals surface area contributed by atoms with E-state index >= 15 is 0 Å². The molecule has 0 N–H and O–H groups in total. The van der Waals surface area contributed by atoms with Crippen molar-refractivity contribution in [1.82, 2.24) is 0 Å². The molecule has 1 aliphatic heterocycles. The summed E-state index contributed by atoms with van der Waals surface area (Å²) in [5.74, 6) is 0. The van der Waals surface area contributed by atoms with E-state index in [-0.39, 0.29) is 6.09 Å². The van der Waals surface area contributed by atoms with Crippen LogP contribution >= 0.6 is 0 Å². The van der Waals surface area contributed by atoms with Crippen LogP contribution in [0.1, 0.15) is 68.2 Å². The van der Waals surface area contributed by atoms with Crippen LogP contribution in [0.15, 0.2) is 24.3 Å². The highest BCUT2D eigenvalue weighted by Crippen LogP contribution is 2.36. The molecule has 27 heavy (non-hydrogen) atoms. The standard InChI is InChI=1S/C21H34BNO4/c1-9-10-14-23(18(24)25-19(2,3)4)17-13-11-12-16(15-17)22-26-20(5,6)21(7,8)27-22/h11-13,15H,9-10,14H2,1-8H3. The predicted molar refractivity (Wildman–Crippen MR) is 111 cm³/mol. The number of hydrogen-bond acceptors (Lipinski definition) is 4. The molecule has 0 radical (unpaired) electrons. The van der Waals surface area contributed by atoms with Gasteiger partial charge < -0.3 is 14.0 Å². The number of amides is 1. The highest BCUT2D eigenvalue weighted by Gasteiger charge is 2.51. The summed E-state index contributed by atoms with van der Waals surface area (Å²) in [6.07, 6.45) is 1.57. The fraction of sp³-hybridized carbons (Fsp3) is 0.667. The Balaban J connectivity index is 2.28. The zero-order valence-corrected chi connectivity index (χ0v) is 18.1. The highest BCUT2D eigenvalue weighted by atomic mass is 16.7. The average Bonchev–Trinajstić information content (AvgIpc) is 2.74. The molecule has 0 aromatic heterocycles. The molecule has 5 nitrogen and oxygen atoms in total. The quantitative estimate of drug-likeness (QED) is 0.710. The van der Waals surface area contributed by atoms with E-state index < -0.39 is 23.9 Å².